The second-order valence-corrected chi connectivity index (χ2v) is 9.94. The maximum Gasteiger partial charge on any atom is 0.199 e. The molecular weight excluding hydrogens is 608 g/mol. The van der Waals surface area contributed by atoms with Crippen LogP contribution < -0.4 is 0 Å². The van der Waals surface area contributed by atoms with Gasteiger partial charge in [0.15, 0.2) is 5.71 Å². The van der Waals surface area contributed by atoms with Crippen LogP contribution in [0.4, 0.5) is 0 Å². The van der Waals surface area contributed by atoms with Gasteiger partial charge < -0.3 is 4.74 Å². The molecule has 0 unspecified atom stereocenters. The Morgan fingerprint density at radius 1 is 0.710 bits per heavy atom. The number of halogens is 2. The van der Waals surface area contributed by atoms with Crippen LogP contribution in [-0.4, -0.2) is 24.4 Å². The monoisotopic (exact) mass is 630 g/mol. The van der Waals surface area contributed by atoms with E-state index in [4.69, 9.17) is 4.74 Å². The van der Waals surface area contributed by atoms with Gasteiger partial charge in [-0.3, -0.25) is 0 Å². The molecule has 0 amide bonds. The molecule has 0 saturated heterocycles. The maximum absolute atomic E-state index is 6.27. The highest BCUT2D eigenvalue weighted by Gasteiger charge is 2.14. The molecule has 1 heterocycles. The molecule has 0 fully saturated rings. The first-order valence-corrected chi connectivity index (χ1v) is 12.1. The minimum absolute atomic E-state index is 0.821. The summed E-state index contributed by atoms with van der Waals surface area (Å²) in [6, 6.07) is 17.0. The molecule has 0 N–H and O–H groups in total. The van der Waals surface area contributed by atoms with E-state index in [9.17, 15) is 0 Å². The fraction of sp³-hybridized carbons (Fsp3) is 0.0741. The lowest BCUT2D eigenvalue weighted by atomic mass is 10.0. The number of benzene rings is 2. The number of hydrogen-bond acceptors (Lipinski definition) is 1. The maximum atomic E-state index is 6.27. The molecule has 31 heavy (non-hydrogen) atoms. The Balaban J connectivity index is 1.69. The van der Waals surface area contributed by atoms with Crippen LogP contribution in [0, 0.1) is 7.14 Å². The van der Waals surface area contributed by atoms with Gasteiger partial charge in [0.05, 0.1) is 0 Å². The van der Waals surface area contributed by atoms with Gasteiger partial charge in [-0.25, -0.2) is 4.58 Å². The highest BCUT2D eigenvalue weighted by Crippen LogP contribution is 2.32. The van der Waals surface area contributed by atoms with Crippen molar-refractivity contribution in [2.24, 2.45) is 0 Å². The molecule has 1 aliphatic carbocycles. The van der Waals surface area contributed by atoms with Gasteiger partial charge in [-0.2, -0.15) is 0 Å². The Morgan fingerprint density at radius 3 is 1.87 bits per heavy atom. The number of allylic oxidation sites excluding steroid dienone is 10. The first kappa shape index (κ1) is 22.0. The summed E-state index contributed by atoms with van der Waals surface area (Å²) >= 11 is 4.66. The van der Waals surface area contributed by atoms with Crippen molar-refractivity contribution >= 4 is 62.2 Å². The molecule has 2 aromatic carbocycles. The van der Waals surface area contributed by atoms with Crippen LogP contribution in [0.1, 0.15) is 11.1 Å². The fourth-order valence-corrected chi connectivity index (χ4v) is 3.95. The molecule has 2 nitrogen and oxygen atoms in total. The second kappa shape index (κ2) is 9.96. The Bertz CT molecular complexity index is 1180. The third-order valence-corrected chi connectivity index (χ3v) is 6.41. The van der Waals surface area contributed by atoms with Crippen molar-refractivity contribution in [1.29, 1.82) is 0 Å². The molecule has 0 saturated carbocycles. The van der Waals surface area contributed by atoms with E-state index in [-0.39, 0.29) is 0 Å². The van der Waals surface area contributed by atoms with Crippen molar-refractivity contribution < 1.29 is 9.31 Å². The number of rotatable bonds is 3. The van der Waals surface area contributed by atoms with E-state index in [0.29, 0.717) is 0 Å². The molecule has 0 spiro atoms. The van der Waals surface area contributed by atoms with Crippen LogP contribution in [0.5, 0.6) is 0 Å². The summed E-state index contributed by atoms with van der Waals surface area (Å²) in [6.07, 6.45) is 16.8. The van der Waals surface area contributed by atoms with E-state index in [1.54, 1.807) is 0 Å². The number of nitrogens with zero attached hydrogens (tertiary/aromatic N) is 1. The zero-order valence-electron chi connectivity index (χ0n) is 17.3. The third kappa shape index (κ3) is 5.74. The van der Waals surface area contributed by atoms with Crippen molar-refractivity contribution in [2.75, 3.05) is 14.1 Å². The van der Waals surface area contributed by atoms with E-state index in [1.807, 2.05) is 20.2 Å². The summed E-state index contributed by atoms with van der Waals surface area (Å²) in [6.45, 7) is 0. The van der Waals surface area contributed by atoms with Crippen molar-refractivity contribution in [3.63, 3.8) is 0 Å². The zero-order valence-corrected chi connectivity index (χ0v) is 21.7. The predicted octanol–water partition coefficient (Wildman–Crippen LogP) is 7.00. The molecule has 4 rings (SSSR count). The van der Waals surface area contributed by atoms with E-state index >= 15 is 0 Å². The largest absolute Gasteiger partial charge is 0.457 e. The Kier molecular flexibility index (Phi) is 7.07. The summed E-state index contributed by atoms with van der Waals surface area (Å²) in [4.78, 5) is 0. The van der Waals surface area contributed by atoms with Crippen molar-refractivity contribution in [2.45, 2.75) is 0 Å². The lowest BCUT2D eigenvalue weighted by Gasteiger charge is -2.18. The molecule has 0 aromatic heterocycles. The van der Waals surface area contributed by atoms with Crippen LogP contribution in [0.25, 0.3) is 11.3 Å². The van der Waals surface area contributed by atoms with Gasteiger partial charge in [0.2, 0.25) is 0 Å². The molecule has 154 valence electrons. The Morgan fingerprint density at radius 2 is 1.29 bits per heavy atom. The molecule has 0 radical (unpaired) electrons. The average Bonchev–Trinajstić information content (AvgIpc) is 2.79. The Labute approximate surface area is 211 Å². The van der Waals surface area contributed by atoms with E-state index in [2.05, 4.69) is 141 Å². The first-order chi connectivity index (χ1) is 15.0. The lowest BCUT2D eigenvalue weighted by Crippen LogP contribution is -2.09. The minimum atomic E-state index is 0.821. The van der Waals surface area contributed by atoms with Crippen molar-refractivity contribution in [3.05, 3.63) is 127 Å². The minimum Gasteiger partial charge on any atom is -0.457 e. The van der Waals surface area contributed by atoms with E-state index < -0.39 is 0 Å². The standard InChI is InChI=1S/C27H22I2NO/c1-30(2)25-14-3-19(4-15-25)5-16-26-17-22(20-6-10-23(28)11-7-20)18-27(31-26)21-8-12-24(29)13-9-21/h3-18H,1-2H3/q+1/b26-16+. The van der Waals surface area contributed by atoms with Gasteiger partial charge in [-0.1, -0.05) is 30.3 Å². The van der Waals surface area contributed by atoms with Crippen LogP contribution in [-0.2, 0) is 4.74 Å². The summed E-state index contributed by atoms with van der Waals surface area (Å²) < 4.78 is 10.8. The van der Waals surface area contributed by atoms with E-state index in [1.165, 1.54) is 18.4 Å². The summed E-state index contributed by atoms with van der Waals surface area (Å²) in [5.74, 6) is 1.68. The topological polar surface area (TPSA) is 12.2 Å². The molecule has 2 aliphatic rings. The molecule has 0 atom stereocenters. The fourth-order valence-electron chi connectivity index (χ4n) is 3.23. The van der Waals surface area contributed by atoms with Gasteiger partial charge in [0.1, 0.15) is 25.6 Å². The van der Waals surface area contributed by atoms with Gasteiger partial charge in [-0.15, -0.1) is 0 Å². The quantitative estimate of drug-likeness (QED) is 0.263. The van der Waals surface area contributed by atoms with Gasteiger partial charge in [0.25, 0.3) is 0 Å². The summed E-state index contributed by atoms with van der Waals surface area (Å²) in [5, 5.41) is 0. The van der Waals surface area contributed by atoms with Crippen LogP contribution in [0.15, 0.2) is 108 Å². The SMILES string of the molecule is C[N+](C)=C1C=CC(=C/C=C2\C=C(c3ccc(I)cc3)C=C(c3ccc(I)cc3)O2)C=C1. The van der Waals surface area contributed by atoms with Crippen molar-refractivity contribution in [3.8, 4) is 0 Å². The van der Waals surface area contributed by atoms with Gasteiger partial charge in [0, 0.05) is 24.9 Å². The molecular formula is C27H22I2NO+. The van der Waals surface area contributed by atoms with Gasteiger partial charge in [-0.05, 0) is 117 Å². The summed E-state index contributed by atoms with van der Waals surface area (Å²) in [5.41, 5.74) is 5.70. The van der Waals surface area contributed by atoms with Gasteiger partial charge >= 0.3 is 0 Å². The Hall–Kier alpha value is -2.19. The van der Waals surface area contributed by atoms with E-state index in [0.717, 1.165) is 28.2 Å². The third-order valence-electron chi connectivity index (χ3n) is 4.97. The molecule has 2 aromatic rings. The van der Waals surface area contributed by atoms with Crippen molar-refractivity contribution in [1.82, 2.24) is 0 Å². The normalized spacial score (nSPS) is 16.7. The first-order valence-electron chi connectivity index (χ1n) is 9.93. The zero-order chi connectivity index (χ0) is 21.8. The molecule has 4 heteroatoms. The highest BCUT2D eigenvalue weighted by molar-refractivity contribution is 14.1. The average molecular weight is 630 g/mol. The number of hydrogen-bond donors (Lipinski definition) is 0. The van der Waals surface area contributed by atoms with Crippen LogP contribution in [0.3, 0.4) is 0 Å². The molecule has 0 bridgehead atoms. The van der Waals surface area contributed by atoms with Crippen LogP contribution >= 0.6 is 45.2 Å². The lowest BCUT2D eigenvalue weighted by molar-refractivity contribution is -0.462. The molecule has 1 aliphatic heterocycles. The predicted molar refractivity (Wildman–Crippen MR) is 147 cm³/mol. The second-order valence-electron chi connectivity index (χ2n) is 7.45. The number of ether oxygens (including phenoxy) is 1. The summed E-state index contributed by atoms with van der Waals surface area (Å²) in [7, 11) is 4.10. The highest BCUT2D eigenvalue weighted by atomic mass is 127. The van der Waals surface area contributed by atoms with Crippen LogP contribution in [0.2, 0.25) is 0 Å². The smallest absolute Gasteiger partial charge is 0.199 e.